The molecule has 0 saturated heterocycles. The summed E-state index contributed by atoms with van der Waals surface area (Å²) in [6, 6.07) is 11.2. The second kappa shape index (κ2) is 7.59. The van der Waals surface area contributed by atoms with Crippen molar-refractivity contribution >= 4 is 5.91 Å². The summed E-state index contributed by atoms with van der Waals surface area (Å²) in [5.74, 6) is 0.210. The lowest BCUT2D eigenvalue weighted by molar-refractivity contribution is 0.0915. The third-order valence-electron chi connectivity index (χ3n) is 3.27. The van der Waals surface area contributed by atoms with Crippen molar-refractivity contribution in [2.24, 2.45) is 5.92 Å². The molecule has 5 nitrogen and oxygen atoms in total. The molecule has 5 heteroatoms. The number of carbonyl (C=O) groups is 1. The van der Waals surface area contributed by atoms with Gasteiger partial charge in [0.05, 0.1) is 0 Å². The molecule has 1 unspecified atom stereocenters. The number of carbonyl (C=O) groups excluding carboxylic acids is 1. The van der Waals surface area contributed by atoms with Gasteiger partial charge in [0.25, 0.3) is 5.91 Å². The Morgan fingerprint density at radius 1 is 1.38 bits per heavy atom. The molecule has 1 atom stereocenters. The fourth-order valence-corrected chi connectivity index (χ4v) is 1.96. The number of hydrogen-bond acceptors (Lipinski definition) is 4. The smallest absolute Gasteiger partial charge is 0.289 e. The summed E-state index contributed by atoms with van der Waals surface area (Å²) < 4.78 is 5.08. The Morgan fingerprint density at radius 3 is 2.86 bits per heavy atom. The van der Waals surface area contributed by atoms with Gasteiger partial charge in [0, 0.05) is 24.8 Å². The van der Waals surface area contributed by atoms with E-state index in [1.165, 1.54) is 0 Å². The number of amides is 1. The van der Waals surface area contributed by atoms with Gasteiger partial charge in [-0.1, -0.05) is 42.4 Å². The number of aliphatic hydroxyl groups is 1. The number of aromatic nitrogens is 1. The average molecular weight is 288 g/mol. The van der Waals surface area contributed by atoms with Gasteiger partial charge in [-0.05, 0) is 18.8 Å². The van der Waals surface area contributed by atoms with Gasteiger partial charge in [-0.3, -0.25) is 4.79 Å². The molecular weight excluding hydrogens is 268 g/mol. The van der Waals surface area contributed by atoms with Gasteiger partial charge in [0.15, 0.2) is 0 Å². The summed E-state index contributed by atoms with van der Waals surface area (Å²) in [4.78, 5) is 11.9. The Labute approximate surface area is 124 Å². The predicted molar refractivity (Wildman–Crippen MR) is 79.8 cm³/mol. The highest BCUT2D eigenvalue weighted by Gasteiger charge is 2.13. The summed E-state index contributed by atoms with van der Waals surface area (Å²) >= 11 is 0. The van der Waals surface area contributed by atoms with Gasteiger partial charge in [-0.15, -0.1) is 0 Å². The average Bonchev–Trinajstić information content (AvgIpc) is 3.02. The summed E-state index contributed by atoms with van der Waals surface area (Å²) in [5, 5.41) is 15.6. The molecule has 2 aromatic rings. The van der Waals surface area contributed by atoms with Crippen molar-refractivity contribution in [3.8, 4) is 11.3 Å². The van der Waals surface area contributed by atoms with Gasteiger partial charge in [-0.25, -0.2) is 0 Å². The van der Waals surface area contributed by atoms with E-state index in [2.05, 4.69) is 10.5 Å². The maximum absolute atomic E-state index is 11.9. The van der Waals surface area contributed by atoms with Crippen LogP contribution in [0.4, 0.5) is 0 Å². The Kier molecular flexibility index (Phi) is 5.51. The van der Waals surface area contributed by atoms with E-state index in [9.17, 15) is 4.79 Å². The topological polar surface area (TPSA) is 75.4 Å². The Hall–Kier alpha value is -2.14. The van der Waals surface area contributed by atoms with E-state index in [4.69, 9.17) is 9.63 Å². The standard InChI is InChI=1S/C16H20N2O3/c1-12(11-19)6-5-9-17-16(20)15-10-14(18-21-15)13-7-3-2-4-8-13/h2-4,7-8,10,12,19H,5-6,9,11H2,1H3,(H,17,20). The highest BCUT2D eigenvalue weighted by Crippen LogP contribution is 2.18. The highest BCUT2D eigenvalue weighted by atomic mass is 16.5. The zero-order chi connectivity index (χ0) is 15.1. The van der Waals surface area contributed by atoms with Crippen LogP contribution >= 0.6 is 0 Å². The summed E-state index contributed by atoms with van der Waals surface area (Å²) in [6.45, 7) is 2.71. The van der Waals surface area contributed by atoms with Crippen LogP contribution in [0.15, 0.2) is 40.9 Å². The molecule has 2 N–H and O–H groups in total. The van der Waals surface area contributed by atoms with E-state index >= 15 is 0 Å². The van der Waals surface area contributed by atoms with Crippen LogP contribution in [0.1, 0.15) is 30.3 Å². The van der Waals surface area contributed by atoms with Crippen molar-refractivity contribution in [1.29, 1.82) is 0 Å². The summed E-state index contributed by atoms with van der Waals surface area (Å²) in [7, 11) is 0. The first-order valence-electron chi connectivity index (χ1n) is 7.12. The first-order chi connectivity index (χ1) is 10.2. The molecule has 1 aromatic carbocycles. The lowest BCUT2D eigenvalue weighted by Crippen LogP contribution is -2.24. The molecule has 0 aliphatic carbocycles. The zero-order valence-electron chi connectivity index (χ0n) is 12.1. The molecule has 1 aromatic heterocycles. The molecule has 2 rings (SSSR count). The highest BCUT2D eigenvalue weighted by molar-refractivity contribution is 5.92. The molecule has 0 aliphatic rings. The summed E-state index contributed by atoms with van der Waals surface area (Å²) in [5.41, 5.74) is 1.56. The molecule has 0 bridgehead atoms. The molecule has 21 heavy (non-hydrogen) atoms. The van der Waals surface area contributed by atoms with Crippen LogP contribution in [0.25, 0.3) is 11.3 Å². The van der Waals surface area contributed by atoms with Crippen molar-refractivity contribution < 1.29 is 14.4 Å². The quantitative estimate of drug-likeness (QED) is 0.767. The molecule has 0 aliphatic heterocycles. The molecule has 0 saturated carbocycles. The SMILES string of the molecule is CC(CO)CCCNC(=O)c1cc(-c2ccccc2)no1. The largest absolute Gasteiger partial charge is 0.396 e. The number of aliphatic hydroxyl groups excluding tert-OH is 1. The van der Waals surface area contributed by atoms with E-state index in [1.54, 1.807) is 6.07 Å². The van der Waals surface area contributed by atoms with Crippen molar-refractivity contribution in [1.82, 2.24) is 10.5 Å². The minimum atomic E-state index is -0.263. The van der Waals surface area contributed by atoms with Crippen LogP contribution < -0.4 is 5.32 Å². The zero-order valence-corrected chi connectivity index (χ0v) is 12.1. The lowest BCUT2D eigenvalue weighted by Gasteiger charge is -2.07. The molecule has 0 spiro atoms. The maximum atomic E-state index is 11.9. The minimum absolute atomic E-state index is 0.177. The monoisotopic (exact) mass is 288 g/mol. The van der Waals surface area contributed by atoms with Crippen LogP contribution in [0.2, 0.25) is 0 Å². The first kappa shape index (κ1) is 15.3. The van der Waals surface area contributed by atoms with E-state index in [-0.39, 0.29) is 24.2 Å². The van der Waals surface area contributed by atoms with E-state index < -0.39 is 0 Å². The fraction of sp³-hybridized carbons (Fsp3) is 0.375. The number of rotatable bonds is 7. The number of benzene rings is 1. The molecule has 112 valence electrons. The van der Waals surface area contributed by atoms with Crippen molar-refractivity contribution in [2.75, 3.05) is 13.2 Å². The molecule has 1 amide bonds. The molecular formula is C16H20N2O3. The van der Waals surface area contributed by atoms with Gasteiger partial charge in [0.2, 0.25) is 5.76 Å². The maximum Gasteiger partial charge on any atom is 0.289 e. The second-order valence-corrected chi connectivity index (χ2v) is 5.13. The van der Waals surface area contributed by atoms with E-state index in [0.717, 1.165) is 18.4 Å². The van der Waals surface area contributed by atoms with Crippen molar-refractivity contribution in [2.45, 2.75) is 19.8 Å². The van der Waals surface area contributed by atoms with Crippen LogP contribution in [0, 0.1) is 5.92 Å². The van der Waals surface area contributed by atoms with Gasteiger partial charge >= 0.3 is 0 Å². The van der Waals surface area contributed by atoms with E-state index in [1.807, 2.05) is 37.3 Å². The number of nitrogens with one attached hydrogen (secondary N) is 1. The first-order valence-corrected chi connectivity index (χ1v) is 7.12. The molecule has 0 radical (unpaired) electrons. The molecule has 0 fully saturated rings. The third kappa shape index (κ3) is 4.43. The van der Waals surface area contributed by atoms with Gasteiger partial charge < -0.3 is 14.9 Å². The van der Waals surface area contributed by atoms with E-state index in [0.29, 0.717) is 12.2 Å². The van der Waals surface area contributed by atoms with Crippen LogP contribution in [0.3, 0.4) is 0 Å². The second-order valence-electron chi connectivity index (χ2n) is 5.13. The van der Waals surface area contributed by atoms with Crippen LogP contribution in [-0.2, 0) is 0 Å². The van der Waals surface area contributed by atoms with Gasteiger partial charge in [0.1, 0.15) is 5.69 Å². The fourth-order valence-electron chi connectivity index (χ4n) is 1.96. The number of nitrogens with zero attached hydrogens (tertiary/aromatic N) is 1. The Morgan fingerprint density at radius 2 is 2.14 bits per heavy atom. The third-order valence-corrected chi connectivity index (χ3v) is 3.27. The van der Waals surface area contributed by atoms with Crippen molar-refractivity contribution in [3.05, 3.63) is 42.2 Å². The minimum Gasteiger partial charge on any atom is -0.396 e. The van der Waals surface area contributed by atoms with Crippen LogP contribution in [0.5, 0.6) is 0 Å². The van der Waals surface area contributed by atoms with Crippen molar-refractivity contribution in [3.63, 3.8) is 0 Å². The molecule has 1 heterocycles. The Balaban J connectivity index is 1.85. The van der Waals surface area contributed by atoms with Gasteiger partial charge in [-0.2, -0.15) is 0 Å². The normalized spacial score (nSPS) is 12.1. The summed E-state index contributed by atoms with van der Waals surface area (Å²) in [6.07, 6.45) is 1.70. The lowest BCUT2D eigenvalue weighted by atomic mass is 10.1. The Bertz CT molecular complexity index is 566. The van der Waals surface area contributed by atoms with Crippen LogP contribution in [-0.4, -0.2) is 29.3 Å². The number of hydrogen-bond donors (Lipinski definition) is 2. The predicted octanol–water partition coefficient (Wildman–Crippen LogP) is 2.48.